The van der Waals surface area contributed by atoms with Crippen LogP contribution in [0.1, 0.15) is 31.4 Å². The molecule has 1 fully saturated rings. The van der Waals surface area contributed by atoms with Crippen molar-refractivity contribution in [3.63, 3.8) is 0 Å². The van der Waals surface area contributed by atoms with Crippen LogP contribution in [0, 0.1) is 5.92 Å². The summed E-state index contributed by atoms with van der Waals surface area (Å²) >= 11 is 1.48. The Morgan fingerprint density at radius 2 is 2.12 bits per heavy atom. The topological polar surface area (TPSA) is 57.6 Å². The molecule has 17 heavy (non-hydrogen) atoms. The number of imide groups is 1. The van der Waals surface area contributed by atoms with Gasteiger partial charge in [-0.2, -0.15) is 11.3 Å². The molecule has 2 heterocycles. The second-order valence-electron chi connectivity index (χ2n) is 4.48. The molecular weight excluding hydrogens is 238 g/mol. The number of aliphatic hydroxyl groups excluding tert-OH is 1. The summed E-state index contributed by atoms with van der Waals surface area (Å²) in [5, 5.41) is 13.6. The number of amides is 2. The van der Waals surface area contributed by atoms with Crippen LogP contribution in [0.3, 0.4) is 0 Å². The van der Waals surface area contributed by atoms with Crippen LogP contribution >= 0.6 is 11.3 Å². The lowest BCUT2D eigenvalue weighted by Crippen LogP contribution is -2.44. The molecule has 1 aromatic heterocycles. The Balaban J connectivity index is 2.03. The molecule has 5 heteroatoms. The third-order valence-electron chi connectivity index (χ3n) is 2.93. The fourth-order valence-corrected chi connectivity index (χ4v) is 2.68. The predicted molar refractivity (Wildman–Crippen MR) is 64.4 cm³/mol. The van der Waals surface area contributed by atoms with Crippen LogP contribution in [0.4, 0.5) is 0 Å². The molecule has 4 nitrogen and oxygen atoms in total. The number of hydrogen-bond acceptors (Lipinski definition) is 4. The summed E-state index contributed by atoms with van der Waals surface area (Å²) in [6, 6.07) is 1.80. The minimum Gasteiger partial charge on any atom is -0.387 e. The molecular formula is C12H15NO3S. The quantitative estimate of drug-likeness (QED) is 0.832. The molecule has 1 aromatic rings. The smallest absolute Gasteiger partial charge is 0.229 e. The molecule has 1 atom stereocenters. The molecule has 2 amide bonds. The predicted octanol–water partition coefficient (Wildman–Crippen LogP) is 1.57. The van der Waals surface area contributed by atoms with Crippen molar-refractivity contribution in [2.75, 3.05) is 6.54 Å². The number of piperidine rings is 1. The van der Waals surface area contributed by atoms with E-state index in [4.69, 9.17) is 0 Å². The summed E-state index contributed by atoms with van der Waals surface area (Å²) in [6.45, 7) is 1.96. The Bertz CT molecular complexity index is 397. The standard InChI is InChI=1S/C12H15NO3S/c1-8-4-11(15)13(12(16)5-8)6-10(14)9-2-3-17-7-9/h2-3,7-8,10,14H,4-6H2,1H3. The second-order valence-corrected chi connectivity index (χ2v) is 5.26. The van der Waals surface area contributed by atoms with Crippen molar-refractivity contribution in [1.82, 2.24) is 4.90 Å². The first-order valence-corrected chi connectivity index (χ1v) is 6.55. The maximum Gasteiger partial charge on any atom is 0.229 e. The van der Waals surface area contributed by atoms with Gasteiger partial charge in [0.05, 0.1) is 12.6 Å². The molecule has 1 N–H and O–H groups in total. The summed E-state index contributed by atoms with van der Waals surface area (Å²) in [6.07, 6.45) is 0.00653. The van der Waals surface area contributed by atoms with Crippen LogP contribution in [0.15, 0.2) is 16.8 Å². The first kappa shape index (κ1) is 12.3. The van der Waals surface area contributed by atoms with Crippen molar-refractivity contribution >= 4 is 23.2 Å². The van der Waals surface area contributed by atoms with Crippen LogP contribution in [0.25, 0.3) is 0 Å². The van der Waals surface area contributed by atoms with E-state index in [0.717, 1.165) is 5.56 Å². The third kappa shape index (κ3) is 2.73. The van der Waals surface area contributed by atoms with Gasteiger partial charge in [-0.15, -0.1) is 0 Å². The van der Waals surface area contributed by atoms with Gasteiger partial charge in [-0.05, 0) is 28.3 Å². The number of likely N-dealkylation sites (tertiary alicyclic amines) is 1. The summed E-state index contributed by atoms with van der Waals surface area (Å²) in [5.74, 6) is -0.240. The maximum absolute atomic E-state index is 11.7. The monoisotopic (exact) mass is 253 g/mol. The lowest BCUT2D eigenvalue weighted by Gasteiger charge is -2.29. The number of nitrogens with zero attached hydrogens (tertiary/aromatic N) is 1. The summed E-state index contributed by atoms with van der Waals surface area (Å²) in [4.78, 5) is 24.6. The van der Waals surface area contributed by atoms with E-state index >= 15 is 0 Å². The van der Waals surface area contributed by atoms with Gasteiger partial charge in [-0.25, -0.2) is 0 Å². The van der Waals surface area contributed by atoms with E-state index in [-0.39, 0.29) is 24.3 Å². The third-order valence-corrected chi connectivity index (χ3v) is 3.63. The van der Waals surface area contributed by atoms with Crippen molar-refractivity contribution in [1.29, 1.82) is 0 Å². The summed E-state index contributed by atoms with van der Waals surface area (Å²) in [5.41, 5.74) is 0.759. The number of carbonyl (C=O) groups excluding carboxylic acids is 2. The van der Waals surface area contributed by atoms with Crippen LogP contribution in [0.5, 0.6) is 0 Å². The zero-order valence-electron chi connectivity index (χ0n) is 9.63. The van der Waals surface area contributed by atoms with Gasteiger partial charge in [0.25, 0.3) is 0 Å². The Hall–Kier alpha value is -1.20. The van der Waals surface area contributed by atoms with Crippen molar-refractivity contribution < 1.29 is 14.7 Å². The molecule has 0 aliphatic carbocycles. The van der Waals surface area contributed by atoms with Gasteiger partial charge in [0.2, 0.25) is 11.8 Å². The number of carbonyl (C=O) groups is 2. The van der Waals surface area contributed by atoms with Gasteiger partial charge in [-0.3, -0.25) is 14.5 Å². The number of thiophene rings is 1. The molecule has 0 radical (unpaired) electrons. The minimum absolute atomic E-state index is 0.0706. The highest BCUT2D eigenvalue weighted by molar-refractivity contribution is 7.07. The number of aliphatic hydroxyl groups is 1. The van der Waals surface area contributed by atoms with E-state index in [1.807, 2.05) is 17.7 Å². The van der Waals surface area contributed by atoms with E-state index < -0.39 is 6.10 Å². The summed E-state index contributed by atoms with van der Waals surface area (Å²) in [7, 11) is 0. The fraction of sp³-hybridized carbons (Fsp3) is 0.500. The SMILES string of the molecule is CC1CC(=O)N(CC(O)c2ccsc2)C(=O)C1. The molecule has 0 bridgehead atoms. The zero-order valence-corrected chi connectivity index (χ0v) is 10.4. The Morgan fingerprint density at radius 1 is 1.47 bits per heavy atom. The molecule has 1 aliphatic heterocycles. The second kappa shape index (κ2) is 4.98. The van der Waals surface area contributed by atoms with E-state index in [1.54, 1.807) is 6.07 Å². The zero-order chi connectivity index (χ0) is 12.4. The van der Waals surface area contributed by atoms with Crippen LogP contribution in [-0.2, 0) is 9.59 Å². The highest BCUT2D eigenvalue weighted by atomic mass is 32.1. The summed E-state index contributed by atoms with van der Waals surface area (Å²) < 4.78 is 0. The first-order chi connectivity index (χ1) is 8.08. The normalized spacial score (nSPS) is 19.8. The lowest BCUT2D eigenvalue weighted by atomic mass is 9.97. The molecule has 0 saturated carbocycles. The number of β-amino-alcohol motifs (C(OH)–C–C–N with tert-alkyl or cyclic N) is 1. The molecule has 1 unspecified atom stereocenters. The van der Waals surface area contributed by atoms with Gasteiger partial charge in [0.15, 0.2) is 0 Å². The molecule has 1 saturated heterocycles. The van der Waals surface area contributed by atoms with Crippen molar-refractivity contribution in [3.8, 4) is 0 Å². The van der Waals surface area contributed by atoms with Crippen molar-refractivity contribution in [3.05, 3.63) is 22.4 Å². The van der Waals surface area contributed by atoms with Crippen LogP contribution < -0.4 is 0 Å². The Kier molecular flexibility index (Phi) is 3.59. The van der Waals surface area contributed by atoms with Gasteiger partial charge in [-0.1, -0.05) is 6.92 Å². The molecule has 92 valence electrons. The van der Waals surface area contributed by atoms with E-state index in [9.17, 15) is 14.7 Å². The highest BCUT2D eigenvalue weighted by Gasteiger charge is 2.31. The molecule has 1 aliphatic rings. The van der Waals surface area contributed by atoms with Crippen molar-refractivity contribution in [2.45, 2.75) is 25.9 Å². The highest BCUT2D eigenvalue weighted by Crippen LogP contribution is 2.23. The average molecular weight is 253 g/mol. The Morgan fingerprint density at radius 3 is 2.65 bits per heavy atom. The Labute approximate surface area is 104 Å². The van der Waals surface area contributed by atoms with Crippen LogP contribution in [0.2, 0.25) is 0 Å². The lowest BCUT2D eigenvalue weighted by molar-refractivity contribution is -0.151. The van der Waals surface area contributed by atoms with Gasteiger partial charge in [0, 0.05) is 12.8 Å². The minimum atomic E-state index is -0.775. The van der Waals surface area contributed by atoms with Gasteiger partial charge in [0.1, 0.15) is 0 Å². The van der Waals surface area contributed by atoms with E-state index in [1.165, 1.54) is 16.2 Å². The average Bonchev–Trinajstić information content (AvgIpc) is 2.76. The molecule has 0 aromatic carbocycles. The first-order valence-electron chi connectivity index (χ1n) is 5.61. The molecule has 2 rings (SSSR count). The molecule has 0 spiro atoms. The van der Waals surface area contributed by atoms with Crippen LogP contribution in [-0.4, -0.2) is 28.4 Å². The largest absolute Gasteiger partial charge is 0.387 e. The number of rotatable bonds is 3. The maximum atomic E-state index is 11.7. The number of hydrogen-bond donors (Lipinski definition) is 1. The van der Waals surface area contributed by atoms with E-state index in [2.05, 4.69) is 0 Å². The van der Waals surface area contributed by atoms with E-state index in [0.29, 0.717) is 12.8 Å². The van der Waals surface area contributed by atoms with Crippen molar-refractivity contribution in [2.24, 2.45) is 5.92 Å². The van der Waals surface area contributed by atoms with Gasteiger partial charge < -0.3 is 5.11 Å². The van der Waals surface area contributed by atoms with Gasteiger partial charge >= 0.3 is 0 Å². The fourth-order valence-electron chi connectivity index (χ4n) is 1.97.